The van der Waals surface area contributed by atoms with Gasteiger partial charge in [-0.3, -0.25) is 25.2 Å². The second kappa shape index (κ2) is 9.09. The average molecular weight is 373 g/mol. The van der Waals surface area contributed by atoms with E-state index in [4.69, 9.17) is 4.74 Å². The summed E-state index contributed by atoms with van der Waals surface area (Å²) in [6, 6.07) is 11.1. The molecule has 0 aliphatic rings. The number of amides is 3. The van der Waals surface area contributed by atoms with Crippen LogP contribution in [0, 0.1) is 5.82 Å². The van der Waals surface area contributed by atoms with Crippen molar-refractivity contribution in [3.05, 3.63) is 65.5 Å². The van der Waals surface area contributed by atoms with Gasteiger partial charge in [0.25, 0.3) is 11.8 Å². The lowest BCUT2D eigenvalue weighted by molar-refractivity contribution is -0.125. The van der Waals surface area contributed by atoms with Crippen molar-refractivity contribution in [2.24, 2.45) is 0 Å². The first-order valence-corrected chi connectivity index (χ1v) is 7.75. The molecular weight excluding hydrogens is 357 g/mol. The van der Waals surface area contributed by atoms with Gasteiger partial charge in [0, 0.05) is 12.6 Å². The maximum atomic E-state index is 13.4. The fourth-order valence-electron chi connectivity index (χ4n) is 1.98. The molecule has 8 nitrogen and oxygen atoms in total. The van der Waals surface area contributed by atoms with Crippen LogP contribution >= 0.6 is 0 Å². The van der Waals surface area contributed by atoms with E-state index in [1.165, 1.54) is 49.4 Å². The molecule has 3 N–H and O–H groups in total. The molecule has 0 aliphatic heterocycles. The van der Waals surface area contributed by atoms with E-state index in [9.17, 15) is 23.6 Å². The maximum Gasteiger partial charge on any atom is 0.338 e. The minimum atomic E-state index is -0.846. The van der Waals surface area contributed by atoms with E-state index in [-0.39, 0.29) is 17.0 Å². The van der Waals surface area contributed by atoms with Gasteiger partial charge in [0.15, 0.2) is 6.61 Å². The van der Waals surface area contributed by atoms with Crippen LogP contribution in [0.5, 0.6) is 0 Å². The van der Waals surface area contributed by atoms with E-state index in [2.05, 4.69) is 5.32 Å². The fourth-order valence-corrected chi connectivity index (χ4v) is 1.98. The second-order valence-corrected chi connectivity index (χ2v) is 5.32. The minimum Gasteiger partial charge on any atom is -0.452 e. The lowest BCUT2D eigenvalue weighted by Crippen LogP contribution is -2.43. The highest BCUT2D eigenvalue weighted by molar-refractivity contribution is 5.96. The Hall–Kier alpha value is -3.75. The first-order valence-electron chi connectivity index (χ1n) is 7.75. The Morgan fingerprint density at radius 2 is 1.63 bits per heavy atom. The predicted molar refractivity (Wildman–Crippen MR) is 93.0 cm³/mol. The standard InChI is InChI=1S/C18H16FN3O5/c1-11(23)20-13-8-6-12(7-9-13)18(26)27-10-16(24)21-22-17(25)14-4-2-3-5-15(14)19/h2-9H,10H2,1H3,(H,20,23)(H,21,24)(H,22,25). The molecule has 2 aromatic rings. The molecule has 0 saturated heterocycles. The van der Waals surface area contributed by atoms with Crippen LogP contribution < -0.4 is 16.2 Å². The largest absolute Gasteiger partial charge is 0.452 e. The van der Waals surface area contributed by atoms with Gasteiger partial charge in [0.2, 0.25) is 5.91 Å². The minimum absolute atomic E-state index is 0.173. The predicted octanol–water partition coefficient (Wildman–Crippen LogP) is 1.40. The normalized spacial score (nSPS) is 9.85. The Kier molecular flexibility index (Phi) is 6.59. The topological polar surface area (TPSA) is 114 Å². The number of nitrogens with one attached hydrogen (secondary N) is 3. The van der Waals surface area contributed by atoms with Crippen LogP contribution in [0.25, 0.3) is 0 Å². The molecule has 0 atom stereocenters. The van der Waals surface area contributed by atoms with Crippen LogP contribution in [0.15, 0.2) is 48.5 Å². The van der Waals surface area contributed by atoms with Crippen molar-refractivity contribution in [1.82, 2.24) is 10.9 Å². The summed E-state index contributed by atoms with van der Waals surface area (Å²) in [5, 5.41) is 2.54. The van der Waals surface area contributed by atoms with Crippen LogP contribution in [0.3, 0.4) is 0 Å². The van der Waals surface area contributed by atoms with Crippen molar-refractivity contribution < 1.29 is 28.3 Å². The molecule has 0 fully saturated rings. The van der Waals surface area contributed by atoms with Crippen molar-refractivity contribution in [1.29, 1.82) is 0 Å². The zero-order valence-electron chi connectivity index (χ0n) is 14.2. The zero-order chi connectivity index (χ0) is 19.8. The lowest BCUT2D eigenvalue weighted by atomic mass is 10.2. The molecule has 0 aromatic heterocycles. The van der Waals surface area contributed by atoms with E-state index in [1.807, 2.05) is 10.9 Å². The molecule has 0 radical (unpaired) electrons. The number of carbonyl (C=O) groups excluding carboxylic acids is 4. The van der Waals surface area contributed by atoms with E-state index in [0.717, 1.165) is 6.07 Å². The van der Waals surface area contributed by atoms with Crippen molar-refractivity contribution in [2.45, 2.75) is 6.92 Å². The molecule has 2 aromatic carbocycles. The molecule has 140 valence electrons. The number of rotatable bonds is 5. The smallest absolute Gasteiger partial charge is 0.338 e. The third-order valence-electron chi connectivity index (χ3n) is 3.21. The fraction of sp³-hybridized carbons (Fsp3) is 0.111. The highest BCUT2D eigenvalue weighted by Crippen LogP contribution is 2.10. The molecular formula is C18H16FN3O5. The summed E-state index contributed by atoms with van der Waals surface area (Å²) >= 11 is 0. The molecule has 0 heterocycles. The molecule has 0 bridgehead atoms. The van der Waals surface area contributed by atoms with Gasteiger partial charge in [-0.15, -0.1) is 0 Å². The van der Waals surface area contributed by atoms with Crippen molar-refractivity contribution in [3.8, 4) is 0 Å². The Morgan fingerprint density at radius 3 is 2.26 bits per heavy atom. The van der Waals surface area contributed by atoms with Crippen LogP contribution in [-0.4, -0.2) is 30.3 Å². The number of hydrogen-bond donors (Lipinski definition) is 3. The Labute approximate surface area is 153 Å². The molecule has 0 unspecified atom stereocenters. The molecule has 0 aliphatic carbocycles. The first kappa shape index (κ1) is 19.6. The Balaban J connectivity index is 1.79. The summed E-state index contributed by atoms with van der Waals surface area (Å²) in [7, 11) is 0. The van der Waals surface area contributed by atoms with Gasteiger partial charge >= 0.3 is 5.97 Å². The molecule has 0 spiro atoms. The summed E-state index contributed by atoms with van der Waals surface area (Å²) in [5.74, 6) is -3.40. The van der Waals surface area contributed by atoms with Gasteiger partial charge in [0.05, 0.1) is 11.1 Å². The average Bonchev–Trinajstić information content (AvgIpc) is 2.64. The summed E-state index contributed by atoms with van der Waals surface area (Å²) < 4.78 is 18.2. The summed E-state index contributed by atoms with van der Waals surface area (Å²) in [4.78, 5) is 46.2. The number of hydrogen-bond acceptors (Lipinski definition) is 5. The van der Waals surface area contributed by atoms with Gasteiger partial charge in [-0.25, -0.2) is 9.18 Å². The number of anilines is 1. The zero-order valence-corrected chi connectivity index (χ0v) is 14.2. The lowest BCUT2D eigenvalue weighted by Gasteiger charge is -2.09. The quantitative estimate of drug-likeness (QED) is 0.542. The van der Waals surface area contributed by atoms with Crippen molar-refractivity contribution in [2.75, 3.05) is 11.9 Å². The number of benzene rings is 2. The van der Waals surface area contributed by atoms with E-state index < -0.39 is 30.2 Å². The van der Waals surface area contributed by atoms with Gasteiger partial charge in [0.1, 0.15) is 5.82 Å². The Bertz CT molecular complexity index is 868. The van der Waals surface area contributed by atoms with Crippen molar-refractivity contribution in [3.63, 3.8) is 0 Å². The summed E-state index contributed by atoms with van der Waals surface area (Å²) in [6.45, 7) is 0.704. The SMILES string of the molecule is CC(=O)Nc1ccc(C(=O)OCC(=O)NNC(=O)c2ccccc2F)cc1. The third-order valence-corrected chi connectivity index (χ3v) is 3.21. The number of carbonyl (C=O) groups is 4. The van der Waals surface area contributed by atoms with Crippen molar-refractivity contribution >= 4 is 29.4 Å². The van der Waals surface area contributed by atoms with Crippen LogP contribution in [0.1, 0.15) is 27.6 Å². The highest BCUT2D eigenvalue weighted by Gasteiger charge is 2.13. The number of hydrazine groups is 1. The van der Waals surface area contributed by atoms with Gasteiger partial charge in [-0.1, -0.05) is 12.1 Å². The first-order chi connectivity index (χ1) is 12.9. The monoisotopic (exact) mass is 373 g/mol. The molecule has 2 rings (SSSR count). The van der Waals surface area contributed by atoms with E-state index >= 15 is 0 Å². The molecule has 0 saturated carbocycles. The van der Waals surface area contributed by atoms with Crippen LogP contribution in [-0.2, 0) is 14.3 Å². The molecule has 3 amide bonds. The van der Waals surface area contributed by atoms with Crippen LogP contribution in [0.2, 0.25) is 0 Å². The number of ether oxygens (including phenoxy) is 1. The van der Waals surface area contributed by atoms with Gasteiger partial charge in [-0.2, -0.15) is 0 Å². The Morgan fingerprint density at radius 1 is 0.963 bits per heavy atom. The number of halogens is 1. The third kappa shape index (κ3) is 5.92. The molecule has 27 heavy (non-hydrogen) atoms. The number of esters is 1. The maximum absolute atomic E-state index is 13.4. The second-order valence-electron chi connectivity index (χ2n) is 5.32. The van der Waals surface area contributed by atoms with E-state index in [1.54, 1.807) is 0 Å². The summed E-state index contributed by atoms with van der Waals surface area (Å²) in [6.07, 6.45) is 0. The van der Waals surface area contributed by atoms with Crippen LogP contribution in [0.4, 0.5) is 10.1 Å². The summed E-state index contributed by atoms with van der Waals surface area (Å²) in [5.41, 5.74) is 4.47. The van der Waals surface area contributed by atoms with E-state index in [0.29, 0.717) is 5.69 Å². The molecule has 9 heteroatoms. The van der Waals surface area contributed by atoms with Gasteiger partial charge < -0.3 is 10.1 Å². The van der Waals surface area contributed by atoms with Gasteiger partial charge in [-0.05, 0) is 36.4 Å². The highest BCUT2D eigenvalue weighted by atomic mass is 19.1.